The molecule has 0 amide bonds. The predicted octanol–water partition coefficient (Wildman–Crippen LogP) is 3.09. The third-order valence-electron chi connectivity index (χ3n) is 3.09. The largest absolute Gasteiger partial charge is 0.355 e. The highest BCUT2D eigenvalue weighted by Crippen LogP contribution is 2.34. The molecule has 1 aliphatic heterocycles. The zero-order chi connectivity index (χ0) is 12.4. The second-order valence-electron chi connectivity index (χ2n) is 4.23. The highest BCUT2D eigenvalue weighted by atomic mass is 79.9. The fourth-order valence-electron chi connectivity index (χ4n) is 2.01. The number of ketones is 1. The normalized spacial score (nSPS) is 29.4. The van der Waals surface area contributed by atoms with Crippen LogP contribution in [0.15, 0.2) is 28.7 Å². The average molecular weight is 299 g/mol. The Morgan fingerprint density at radius 2 is 2.00 bits per heavy atom. The van der Waals surface area contributed by atoms with Gasteiger partial charge in [-0.1, -0.05) is 35.0 Å². The smallest absolute Gasteiger partial charge is 0.164 e. The van der Waals surface area contributed by atoms with Crippen LogP contribution in [0.5, 0.6) is 0 Å². The minimum atomic E-state index is -0.424. The first-order valence-electron chi connectivity index (χ1n) is 5.58. The summed E-state index contributed by atoms with van der Waals surface area (Å²) in [7, 11) is 1.56. The Balaban J connectivity index is 2.23. The monoisotopic (exact) mass is 298 g/mol. The van der Waals surface area contributed by atoms with Gasteiger partial charge in [-0.2, -0.15) is 0 Å². The number of methoxy groups -OCH3 is 1. The van der Waals surface area contributed by atoms with Gasteiger partial charge in [-0.3, -0.25) is 4.79 Å². The van der Waals surface area contributed by atoms with Gasteiger partial charge in [0.2, 0.25) is 0 Å². The van der Waals surface area contributed by atoms with Crippen molar-refractivity contribution >= 4 is 21.7 Å². The zero-order valence-electron chi connectivity index (χ0n) is 9.85. The van der Waals surface area contributed by atoms with Gasteiger partial charge in [-0.25, -0.2) is 0 Å². The van der Waals surface area contributed by atoms with E-state index in [1.165, 1.54) is 0 Å². The lowest BCUT2D eigenvalue weighted by molar-refractivity contribution is -0.198. The maximum Gasteiger partial charge on any atom is 0.164 e. The molecule has 3 nitrogen and oxygen atoms in total. The van der Waals surface area contributed by atoms with Crippen molar-refractivity contribution in [1.82, 2.24) is 0 Å². The summed E-state index contributed by atoms with van der Waals surface area (Å²) in [4.78, 5) is 11.8. The molecule has 1 aromatic rings. The van der Waals surface area contributed by atoms with Crippen LogP contribution in [0.25, 0.3) is 0 Å². The molecule has 1 aliphatic rings. The van der Waals surface area contributed by atoms with E-state index in [9.17, 15) is 4.79 Å². The highest BCUT2D eigenvalue weighted by Gasteiger charge is 2.35. The van der Waals surface area contributed by atoms with E-state index >= 15 is 0 Å². The average Bonchev–Trinajstić information content (AvgIpc) is 2.34. The molecule has 92 valence electrons. The number of carbonyl (C=O) groups excluding carboxylic acids is 1. The number of halogens is 1. The summed E-state index contributed by atoms with van der Waals surface area (Å²) in [5.74, 6) is 0.0681. The van der Waals surface area contributed by atoms with Crippen LogP contribution in [0, 0.1) is 5.92 Å². The van der Waals surface area contributed by atoms with Crippen molar-refractivity contribution in [3.8, 4) is 0 Å². The van der Waals surface area contributed by atoms with Gasteiger partial charge < -0.3 is 9.47 Å². The molecule has 17 heavy (non-hydrogen) atoms. The summed E-state index contributed by atoms with van der Waals surface area (Å²) >= 11 is 3.39. The van der Waals surface area contributed by atoms with Gasteiger partial charge in [0.15, 0.2) is 6.29 Å². The van der Waals surface area contributed by atoms with Crippen LogP contribution < -0.4 is 0 Å². The molecule has 2 rings (SSSR count). The molecule has 1 fully saturated rings. The summed E-state index contributed by atoms with van der Waals surface area (Å²) in [6, 6.07) is 7.84. The molecule has 0 bridgehead atoms. The fraction of sp³-hybridized carbons (Fsp3) is 0.462. The molecular weight excluding hydrogens is 284 g/mol. The van der Waals surface area contributed by atoms with Crippen LogP contribution >= 0.6 is 15.9 Å². The van der Waals surface area contributed by atoms with Crippen LogP contribution in [0.3, 0.4) is 0 Å². The van der Waals surface area contributed by atoms with Crippen molar-refractivity contribution in [3.05, 3.63) is 34.3 Å². The molecule has 0 saturated carbocycles. The fourth-order valence-corrected chi connectivity index (χ4v) is 2.27. The van der Waals surface area contributed by atoms with Crippen LogP contribution in [-0.2, 0) is 14.3 Å². The second-order valence-corrected chi connectivity index (χ2v) is 5.15. The molecule has 4 heteroatoms. The van der Waals surface area contributed by atoms with E-state index in [1.807, 2.05) is 31.2 Å². The van der Waals surface area contributed by atoms with E-state index in [0.29, 0.717) is 6.42 Å². The first-order valence-corrected chi connectivity index (χ1v) is 6.37. The van der Waals surface area contributed by atoms with Gasteiger partial charge in [0, 0.05) is 17.5 Å². The standard InChI is InChI=1S/C13H15BrO3/c1-8-11(15)7-12(16-2)17-13(8)9-3-5-10(14)6-4-9/h3-6,8,12-13H,7H2,1-2H3/t8-,12-,13+/m0/s1. The molecule has 0 aliphatic carbocycles. The molecular formula is C13H15BrO3. The van der Waals surface area contributed by atoms with Crippen molar-refractivity contribution < 1.29 is 14.3 Å². The number of rotatable bonds is 2. The number of carbonyl (C=O) groups is 1. The summed E-state index contributed by atoms with van der Waals surface area (Å²) in [5, 5.41) is 0. The number of ether oxygens (including phenoxy) is 2. The Hall–Kier alpha value is -0.710. The molecule has 0 radical (unpaired) electrons. The molecule has 1 saturated heterocycles. The van der Waals surface area contributed by atoms with Gasteiger partial charge in [-0.15, -0.1) is 0 Å². The lowest BCUT2D eigenvalue weighted by Crippen LogP contribution is -2.36. The van der Waals surface area contributed by atoms with Crippen molar-refractivity contribution in [2.75, 3.05) is 7.11 Å². The Kier molecular flexibility index (Phi) is 3.97. The van der Waals surface area contributed by atoms with Crippen molar-refractivity contribution in [3.63, 3.8) is 0 Å². The molecule has 0 spiro atoms. The van der Waals surface area contributed by atoms with E-state index in [2.05, 4.69) is 15.9 Å². The summed E-state index contributed by atoms with van der Waals surface area (Å²) in [6.07, 6.45) is -0.299. The third-order valence-corrected chi connectivity index (χ3v) is 3.62. The molecule has 0 unspecified atom stereocenters. The van der Waals surface area contributed by atoms with E-state index in [-0.39, 0.29) is 17.8 Å². The van der Waals surface area contributed by atoms with Crippen LogP contribution in [0.4, 0.5) is 0 Å². The van der Waals surface area contributed by atoms with Gasteiger partial charge in [0.05, 0.1) is 12.5 Å². The first kappa shape index (κ1) is 12.7. The Labute approximate surface area is 109 Å². The number of Topliss-reactive ketones (excluding diaryl/α,β-unsaturated/α-hetero) is 1. The number of benzene rings is 1. The Morgan fingerprint density at radius 1 is 1.35 bits per heavy atom. The highest BCUT2D eigenvalue weighted by molar-refractivity contribution is 9.10. The van der Waals surface area contributed by atoms with Crippen LogP contribution in [0.2, 0.25) is 0 Å². The Morgan fingerprint density at radius 3 is 2.59 bits per heavy atom. The van der Waals surface area contributed by atoms with Gasteiger partial charge in [0.1, 0.15) is 5.78 Å². The maximum atomic E-state index is 11.8. The van der Waals surface area contributed by atoms with E-state index in [0.717, 1.165) is 10.0 Å². The minimum absolute atomic E-state index is 0.123. The van der Waals surface area contributed by atoms with Gasteiger partial charge >= 0.3 is 0 Å². The summed E-state index contributed by atoms with van der Waals surface area (Å²) in [5.41, 5.74) is 1.01. The Bertz CT molecular complexity index is 402. The van der Waals surface area contributed by atoms with Crippen molar-refractivity contribution in [2.24, 2.45) is 5.92 Å². The first-order chi connectivity index (χ1) is 8.11. The topological polar surface area (TPSA) is 35.5 Å². The van der Waals surface area contributed by atoms with Crippen LogP contribution in [-0.4, -0.2) is 19.2 Å². The molecule has 1 aromatic carbocycles. The number of hydrogen-bond donors (Lipinski definition) is 0. The summed E-state index contributed by atoms with van der Waals surface area (Å²) in [6.45, 7) is 1.90. The molecule has 3 atom stereocenters. The lowest BCUT2D eigenvalue weighted by atomic mass is 9.89. The van der Waals surface area contributed by atoms with Crippen molar-refractivity contribution in [1.29, 1.82) is 0 Å². The van der Waals surface area contributed by atoms with E-state index in [1.54, 1.807) is 7.11 Å². The van der Waals surface area contributed by atoms with E-state index < -0.39 is 6.29 Å². The third kappa shape index (κ3) is 2.76. The number of hydrogen-bond acceptors (Lipinski definition) is 3. The second kappa shape index (κ2) is 5.29. The lowest BCUT2D eigenvalue weighted by Gasteiger charge is -2.33. The van der Waals surface area contributed by atoms with Crippen molar-refractivity contribution in [2.45, 2.75) is 25.7 Å². The summed E-state index contributed by atoms with van der Waals surface area (Å²) < 4.78 is 11.9. The molecule has 0 N–H and O–H groups in total. The maximum absolute atomic E-state index is 11.8. The molecule has 1 heterocycles. The van der Waals surface area contributed by atoms with Gasteiger partial charge in [0.25, 0.3) is 0 Å². The minimum Gasteiger partial charge on any atom is -0.355 e. The SMILES string of the molecule is CO[C@@H]1CC(=O)[C@H](C)[C@H](c2ccc(Br)cc2)O1. The molecule has 0 aromatic heterocycles. The van der Waals surface area contributed by atoms with Crippen LogP contribution in [0.1, 0.15) is 25.0 Å². The van der Waals surface area contributed by atoms with Gasteiger partial charge in [-0.05, 0) is 17.7 Å². The predicted molar refractivity (Wildman–Crippen MR) is 67.6 cm³/mol. The zero-order valence-corrected chi connectivity index (χ0v) is 11.4. The van der Waals surface area contributed by atoms with E-state index in [4.69, 9.17) is 9.47 Å². The quantitative estimate of drug-likeness (QED) is 0.842.